The molecule has 1 aliphatic carbocycles. The Kier molecular flexibility index (Phi) is 4.72. The van der Waals surface area contributed by atoms with Gasteiger partial charge in [0.2, 0.25) is 10.0 Å². The van der Waals surface area contributed by atoms with Crippen molar-refractivity contribution in [3.63, 3.8) is 0 Å². The number of benzene rings is 1. The molecule has 1 aliphatic rings. The van der Waals surface area contributed by atoms with Gasteiger partial charge >= 0.3 is 0 Å². The van der Waals surface area contributed by atoms with Crippen LogP contribution in [0.15, 0.2) is 34.1 Å². The van der Waals surface area contributed by atoms with Crippen molar-refractivity contribution in [3.05, 3.63) is 24.3 Å². The molecule has 1 saturated carbocycles. The van der Waals surface area contributed by atoms with Crippen molar-refractivity contribution in [1.82, 2.24) is 4.72 Å². The van der Waals surface area contributed by atoms with Gasteiger partial charge in [-0.15, -0.1) is 0 Å². The van der Waals surface area contributed by atoms with E-state index in [9.17, 15) is 16.8 Å². The summed E-state index contributed by atoms with van der Waals surface area (Å²) in [5, 5.41) is 0. The van der Waals surface area contributed by atoms with Gasteiger partial charge in [-0.25, -0.2) is 21.6 Å². The monoisotopic (exact) mass is 332 g/mol. The van der Waals surface area contributed by atoms with Gasteiger partial charge in [0, 0.05) is 12.3 Å². The van der Waals surface area contributed by atoms with Crippen LogP contribution in [0, 0.1) is 5.92 Å². The first-order chi connectivity index (χ1) is 9.75. The third-order valence-electron chi connectivity index (χ3n) is 3.81. The molecule has 6 nitrogen and oxygen atoms in total. The number of sulfone groups is 1. The van der Waals surface area contributed by atoms with Crippen molar-refractivity contribution in [2.75, 3.05) is 12.8 Å². The number of nitrogens with two attached hydrogens (primary N) is 1. The molecular formula is C13H20N2O4S2. The van der Waals surface area contributed by atoms with Gasteiger partial charge in [0.25, 0.3) is 0 Å². The Hall–Kier alpha value is -0.960. The molecule has 0 saturated heterocycles. The molecule has 21 heavy (non-hydrogen) atoms. The van der Waals surface area contributed by atoms with E-state index in [0.29, 0.717) is 6.54 Å². The van der Waals surface area contributed by atoms with Crippen molar-refractivity contribution < 1.29 is 16.8 Å². The van der Waals surface area contributed by atoms with Crippen molar-refractivity contribution in [3.8, 4) is 0 Å². The lowest BCUT2D eigenvalue weighted by atomic mass is 10.1. The molecule has 0 spiro atoms. The average Bonchev–Trinajstić information content (AvgIpc) is 2.84. The zero-order valence-corrected chi connectivity index (χ0v) is 13.5. The van der Waals surface area contributed by atoms with E-state index < -0.39 is 19.9 Å². The predicted octanol–water partition coefficient (Wildman–Crippen LogP) is 0.496. The lowest BCUT2D eigenvalue weighted by Crippen LogP contribution is -2.40. The summed E-state index contributed by atoms with van der Waals surface area (Å²) in [4.78, 5) is -0.380. The molecule has 2 unspecified atom stereocenters. The van der Waals surface area contributed by atoms with Gasteiger partial charge in [-0.2, -0.15) is 0 Å². The predicted molar refractivity (Wildman–Crippen MR) is 80.1 cm³/mol. The summed E-state index contributed by atoms with van der Waals surface area (Å²) in [7, 11) is -7.50. The highest BCUT2D eigenvalue weighted by Gasteiger charge is 2.32. The molecule has 0 aliphatic heterocycles. The largest absolute Gasteiger partial charge is 0.330 e. The van der Waals surface area contributed by atoms with E-state index in [-0.39, 0.29) is 21.8 Å². The number of nitrogens with one attached hydrogen (secondary N) is 1. The number of hydrogen-bond donors (Lipinski definition) is 2. The summed E-state index contributed by atoms with van der Waals surface area (Å²) in [6.45, 7) is 0.418. The molecule has 0 heterocycles. The van der Waals surface area contributed by atoms with Crippen molar-refractivity contribution in [2.45, 2.75) is 35.1 Å². The summed E-state index contributed by atoms with van der Waals surface area (Å²) in [6, 6.07) is 5.41. The molecule has 2 atom stereocenters. The molecule has 118 valence electrons. The molecular weight excluding hydrogens is 312 g/mol. The summed E-state index contributed by atoms with van der Waals surface area (Å²) < 4.78 is 51.1. The zero-order valence-electron chi connectivity index (χ0n) is 11.8. The third kappa shape index (κ3) is 3.63. The Morgan fingerprint density at radius 1 is 1.14 bits per heavy atom. The summed E-state index contributed by atoms with van der Waals surface area (Å²) in [5.74, 6) is 0.102. The van der Waals surface area contributed by atoms with E-state index in [1.807, 2.05) is 0 Å². The lowest BCUT2D eigenvalue weighted by molar-refractivity contribution is 0.452. The van der Waals surface area contributed by atoms with Gasteiger partial charge in [0.15, 0.2) is 9.84 Å². The van der Waals surface area contributed by atoms with Gasteiger partial charge in [0.05, 0.1) is 4.90 Å². The standard InChI is InChI=1S/C13H20N2O4S2/c1-20(16,17)12-7-2-3-8-13(12)21(18,19)15-11-6-4-5-10(11)9-14/h2-3,7-8,10-11,15H,4-6,9,14H2,1H3. The Morgan fingerprint density at radius 2 is 1.76 bits per heavy atom. The first-order valence-corrected chi connectivity index (χ1v) is 10.1. The van der Waals surface area contributed by atoms with Crippen LogP contribution < -0.4 is 10.5 Å². The molecule has 0 bridgehead atoms. The number of rotatable bonds is 5. The molecule has 1 aromatic carbocycles. The van der Waals surface area contributed by atoms with E-state index in [1.54, 1.807) is 0 Å². The first-order valence-electron chi connectivity index (χ1n) is 6.77. The van der Waals surface area contributed by atoms with E-state index in [0.717, 1.165) is 25.5 Å². The quantitative estimate of drug-likeness (QED) is 0.816. The number of hydrogen-bond acceptors (Lipinski definition) is 5. The molecule has 3 N–H and O–H groups in total. The van der Waals surface area contributed by atoms with Crippen molar-refractivity contribution in [1.29, 1.82) is 0 Å². The van der Waals surface area contributed by atoms with Gasteiger partial charge in [-0.1, -0.05) is 18.6 Å². The van der Waals surface area contributed by atoms with Crippen molar-refractivity contribution in [2.24, 2.45) is 11.7 Å². The average molecular weight is 332 g/mol. The summed E-state index contributed by atoms with van der Waals surface area (Å²) in [6.07, 6.45) is 3.53. The molecule has 0 radical (unpaired) electrons. The maximum Gasteiger partial charge on any atom is 0.242 e. The normalized spacial score (nSPS) is 23.3. The second-order valence-electron chi connectivity index (χ2n) is 5.37. The van der Waals surface area contributed by atoms with Crippen LogP contribution in [0.3, 0.4) is 0 Å². The van der Waals surface area contributed by atoms with Crippen LogP contribution in [0.1, 0.15) is 19.3 Å². The van der Waals surface area contributed by atoms with Crippen LogP contribution in [0.2, 0.25) is 0 Å². The van der Waals surface area contributed by atoms with Crippen LogP contribution in [0.25, 0.3) is 0 Å². The second-order valence-corrected chi connectivity index (χ2v) is 9.04. The fourth-order valence-electron chi connectivity index (χ4n) is 2.72. The van der Waals surface area contributed by atoms with Crippen LogP contribution in [0.5, 0.6) is 0 Å². The van der Waals surface area contributed by atoms with Gasteiger partial charge in [0.1, 0.15) is 4.90 Å². The molecule has 0 aromatic heterocycles. The van der Waals surface area contributed by atoms with Crippen LogP contribution in [-0.2, 0) is 19.9 Å². The zero-order chi connectivity index (χ0) is 15.7. The van der Waals surface area contributed by atoms with Gasteiger partial charge in [-0.05, 0) is 37.4 Å². The van der Waals surface area contributed by atoms with Crippen molar-refractivity contribution >= 4 is 19.9 Å². The van der Waals surface area contributed by atoms with E-state index in [1.165, 1.54) is 24.3 Å². The third-order valence-corrected chi connectivity index (χ3v) is 6.64. The van der Waals surface area contributed by atoms with E-state index in [4.69, 9.17) is 5.73 Å². The number of sulfonamides is 1. The second kappa shape index (κ2) is 6.04. The molecule has 2 rings (SSSR count). The smallest absolute Gasteiger partial charge is 0.242 e. The lowest BCUT2D eigenvalue weighted by Gasteiger charge is -2.20. The topological polar surface area (TPSA) is 106 Å². The first kappa shape index (κ1) is 16.4. The minimum Gasteiger partial charge on any atom is -0.330 e. The molecule has 0 amide bonds. The highest BCUT2D eigenvalue weighted by atomic mass is 32.2. The Bertz CT molecular complexity index is 713. The maximum atomic E-state index is 12.5. The fraction of sp³-hybridized carbons (Fsp3) is 0.538. The van der Waals surface area contributed by atoms with Crippen LogP contribution >= 0.6 is 0 Å². The van der Waals surface area contributed by atoms with Gasteiger partial charge in [-0.3, -0.25) is 0 Å². The van der Waals surface area contributed by atoms with Gasteiger partial charge < -0.3 is 5.73 Å². The van der Waals surface area contributed by atoms with Crippen LogP contribution in [-0.4, -0.2) is 35.7 Å². The van der Waals surface area contributed by atoms with E-state index >= 15 is 0 Å². The summed E-state index contributed by atoms with van der Waals surface area (Å²) in [5.41, 5.74) is 5.65. The molecule has 1 fully saturated rings. The summed E-state index contributed by atoms with van der Waals surface area (Å²) >= 11 is 0. The Labute approximate surface area is 125 Å². The highest BCUT2D eigenvalue weighted by Crippen LogP contribution is 2.27. The fourth-order valence-corrected chi connectivity index (χ4v) is 5.68. The minimum atomic E-state index is -3.89. The Balaban J connectivity index is 2.37. The minimum absolute atomic E-state index is 0.102. The molecule has 8 heteroatoms. The van der Waals surface area contributed by atoms with E-state index in [2.05, 4.69) is 4.72 Å². The molecule has 1 aromatic rings. The SMILES string of the molecule is CS(=O)(=O)c1ccccc1S(=O)(=O)NC1CCCC1CN. The highest BCUT2D eigenvalue weighted by molar-refractivity contribution is 7.93. The maximum absolute atomic E-state index is 12.5. The van der Waals surface area contributed by atoms with Crippen LogP contribution in [0.4, 0.5) is 0 Å². The Morgan fingerprint density at radius 3 is 2.33 bits per heavy atom.